The monoisotopic (exact) mass is 1250 g/mol. The maximum absolute atomic E-state index is 16.4. The summed E-state index contributed by atoms with van der Waals surface area (Å²) in [5.74, 6) is -6.64. The fourth-order valence-electron chi connectivity index (χ4n) is 11.8. The number of amides is 2. The highest BCUT2D eigenvalue weighted by atomic mass is 19.4. The van der Waals surface area contributed by atoms with E-state index in [2.05, 4.69) is 43.1 Å². The molecule has 4 saturated heterocycles. The largest absolute Gasteiger partial charge is 0.462 e. The van der Waals surface area contributed by atoms with Gasteiger partial charge in [-0.25, -0.2) is 36.3 Å². The Balaban J connectivity index is 0.000000209. The number of carbonyl (C=O) groups excluding carboxylic acids is 2. The van der Waals surface area contributed by atoms with Crippen molar-refractivity contribution in [2.75, 3.05) is 101 Å². The highest BCUT2D eigenvalue weighted by Crippen LogP contribution is 2.45. The van der Waals surface area contributed by atoms with Gasteiger partial charge in [-0.15, -0.1) is 0 Å². The van der Waals surface area contributed by atoms with Crippen molar-refractivity contribution in [1.82, 2.24) is 49.5 Å². The molecule has 0 spiro atoms. The van der Waals surface area contributed by atoms with Crippen molar-refractivity contribution in [1.29, 1.82) is 0 Å². The van der Waals surface area contributed by atoms with Crippen molar-refractivity contribution in [3.63, 3.8) is 0 Å². The molecule has 4 fully saturated rings. The molecule has 18 nitrogen and oxygen atoms in total. The number of carbonyl (C=O) groups is 2. The van der Waals surface area contributed by atoms with Crippen LogP contribution in [-0.4, -0.2) is 177 Å². The van der Waals surface area contributed by atoms with E-state index in [1.165, 1.54) is 12.2 Å². The lowest BCUT2D eigenvalue weighted by Crippen LogP contribution is -2.53. The Morgan fingerprint density at radius 2 is 0.955 bits per heavy atom. The van der Waals surface area contributed by atoms with Crippen molar-refractivity contribution < 1.29 is 71.7 Å². The first-order valence-electron chi connectivity index (χ1n) is 27.8. The third-order valence-electron chi connectivity index (χ3n) is 16.1. The summed E-state index contributed by atoms with van der Waals surface area (Å²) in [4.78, 5) is 59.0. The number of piperazine rings is 2. The van der Waals surface area contributed by atoms with Gasteiger partial charge in [0.15, 0.2) is 11.6 Å². The molecule has 6 aromatic rings. The number of benzene rings is 2. The van der Waals surface area contributed by atoms with Crippen LogP contribution >= 0.6 is 0 Å². The van der Waals surface area contributed by atoms with Gasteiger partial charge in [0.05, 0.1) is 33.6 Å². The predicted octanol–water partition coefficient (Wildman–Crippen LogP) is 9.05. The maximum Gasteiger partial charge on any atom is 0.418 e. The van der Waals surface area contributed by atoms with Gasteiger partial charge < -0.3 is 40.5 Å². The van der Waals surface area contributed by atoms with Crippen molar-refractivity contribution in [2.45, 2.75) is 89.4 Å². The van der Waals surface area contributed by atoms with Crippen LogP contribution in [0.15, 0.2) is 49.6 Å². The number of aryl methyl sites for hydroxylation is 2. The van der Waals surface area contributed by atoms with Crippen LogP contribution in [0.5, 0.6) is 12.0 Å². The number of halogens is 12. The Morgan fingerprint density at radius 1 is 0.591 bits per heavy atom. The number of hydrogen-bond acceptors (Lipinski definition) is 16. The average Bonchev–Trinajstić information content (AvgIpc) is 1.53. The van der Waals surface area contributed by atoms with Crippen molar-refractivity contribution in [3.05, 3.63) is 95.1 Å². The van der Waals surface area contributed by atoms with Gasteiger partial charge in [0.1, 0.15) is 71.5 Å². The Morgan fingerprint density at radius 3 is 1.26 bits per heavy atom. The minimum Gasteiger partial charge on any atom is -0.462 e. The number of aromatic nitrogens is 6. The lowest BCUT2D eigenvalue weighted by molar-refractivity contribution is -0.138. The molecule has 0 radical (unpaired) electrons. The number of anilines is 4. The number of nitrogens with zero attached hydrogens (tertiary/aromatic N) is 12. The lowest BCUT2D eigenvalue weighted by Gasteiger charge is -2.40. The molecule has 4 aliphatic rings. The fourth-order valence-corrected chi connectivity index (χ4v) is 11.8. The number of nitrogen functional groups attached to an aromatic ring is 2. The third kappa shape index (κ3) is 13.0. The van der Waals surface area contributed by atoms with Crippen LogP contribution in [0.2, 0.25) is 0 Å². The number of rotatable bonds is 12. The maximum atomic E-state index is 16.4. The standard InChI is InChI=1S/2C29H31F6N7O2/c2*1-5-21(43)41-6-7-42(15(3)11-41)27-18-10-19(31)22(26-23(29(33,34)35)14(2)8-20(36)37-26)24(32)25(18)38-28(39-27)44-13-17-9-16(30)12-40(17)4/h2*5,8,10,15-17H,1,6-7,9,11-13H2,2-4H3,(H2,36,37)/t2*15-,16+,17-/m00/s1. The van der Waals surface area contributed by atoms with Crippen molar-refractivity contribution in [3.8, 4) is 34.5 Å². The third-order valence-corrected chi connectivity index (χ3v) is 16.1. The van der Waals surface area contributed by atoms with E-state index >= 15 is 17.6 Å². The van der Waals surface area contributed by atoms with Gasteiger partial charge in [0.2, 0.25) is 11.8 Å². The molecule has 6 atom stereocenters. The SMILES string of the molecule is C=CC(=O)N1CCN(c2nc(OC[C@@H]3C[C@@H](F)CN3C)nc3c(F)c(-c4nc(N)cc(C)c4C(F)(F)F)c(F)cc23)[C@@H](C)C1.C=CC(=O)N1CCN(c2nc(OC[C@@H]3C[C@@H](F)CN3C)nc3c(F)c(-c4nc(N)cc(C)c4C(F)(F)F)c(F)cc23)[C@@H](C)C1. The Kier molecular flexibility index (Phi) is 18.3. The normalized spacial score (nSPS) is 21.2. The second kappa shape index (κ2) is 25.1. The number of alkyl halides is 8. The highest BCUT2D eigenvalue weighted by Gasteiger charge is 2.42. The zero-order chi connectivity index (χ0) is 64.2. The summed E-state index contributed by atoms with van der Waals surface area (Å²) in [6, 6.07) is 1.55. The summed E-state index contributed by atoms with van der Waals surface area (Å²) in [5, 5.41) is -0.245. The smallest absolute Gasteiger partial charge is 0.418 e. The number of likely N-dealkylation sites (N-methyl/N-ethyl adjacent to an activating group) is 2. The summed E-state index contributed by atoms with van der Waals surface area (Å²) in [6.45, 7) is 14.5. The molecule has 2 aromatic carbocycles. The minimum absolute atomic E-state index is 0.0527. The molecule has 4 aromatic heterocycles. The number of ether oxygens (including phenoxy) is 2. The molecule has 10 rings (SSSR count). The molecule has 4 N–H and O–H groups in total. The zero-order valence-corrected chi connectivity index (χ0v) is 48.5. The Hall–Kier alpha value is -8.28. The van der Waals surface area contributed by atoms with Crippen molar-refractivity contribution in [2.24, 2.45) is 0 Å². The number of pyridine rings is 2. The molecule has 472 valence electrons. The molecule has 8 heterocycles. The van der Waals surface area contributed by atoms with Gasteiger partial charge in [-0.3, -0.25) is 19.4 Å². The van der Waals surface area contributed by atoms with Gasteiger partial charge in [-0.05, 0) is 102 Å². The number of hydrogen-bond donors (Lipinski definition) is 2. The van der Waals surface area contributed by atoms with Crippen molar-refractivity contribution >= 4 is 56.9 Å². The first-order chi connectivity index (χ1) is 41.4. The average molecular weight is 1250 g/mol. The second-order valence-electron chi connectivity index (χ2n) is 22.3. The summed E-state index contributed by atoms with van der Waals surface area (Å²) in [6.07, 6.45) is -9.37. The summed E-state index contributed by atoms with van der Waals surface area (Å²) < 4.78 is 188. The van der Waals surface area contributed by atoms with Gasteiger partial charge in [-0.1, -0.05) is 13.2 Å². The Labute approximate surface area is 496 Å². The molecule has 0 unspecified atom stereocenters. The molecular weight excluding hydrogens is 1180 g/mol. The van der Waals surface area contributed by atoms with Crippen LogP contribution in [0, 0.1) is 37.1 Å². The van der Waals surface area contributed by atoms with Crippen LogP contribution < -0.4 is 30.7 Å². The quantitative estimate of drug-likeness (QED) is 0.0867. The van der Waals surface area contributed by atoms with E-state index in [1.807, 2.05) is 0 Å². The van der Waals surface area contributed by atoms with E-state index < -0.39 is 105 Å². The summed E-state index contributed by atoms with van der Waals surface area (Å²) >= 11 is 0. The first-order valence-corrected chi connectivity index (χ1v) is 27.8. The van der Waals surface area contributed by atoms with Gasteiger partial charge in [0, 0.05) is 87.3 Å². The fraction of sp³-hybridized carbons (Fsp3) is 0.448. The van der Waals surface area contributed by atoms with E-state index in [1.54, 1.807) is 57.3 Å². The van der Waals surface area contributed by atoms with E-state index in [-0.39, 0.29) is 160 Å². The minimum atomic E-state index is -5.00. The van der Waals surface area contributed by atoms with E-state index in [0.717, 1.165) is 38.1 Å². The predicted molar refractivity (Wildman–Crippen MR) is 304 cm³/mol. The van der Waals surface area contributed by atoms with E-state index in [0.29, 0.717) is 0 Å². The number of nitrogens with two attached hydrogens (primary N) is 2. The second-order valence-corrected chi connectivity index (χ2v) is 22.3. The molecule has 2 amide bonds. The van der Waals surface area contributed by atoms with Crippen LogP contribution in [0.1, 0.15) is 48.9 Å². The molecule has 88 heavy (non-hydrogen) atoms. The van der Waals surface area contributed by atoms with Crippen LogP contribution in [-0.2, 0) is 21.9 Å². The van der Waals surface area contributed by atoms with Gasteiger partial charge in [0.25, 0.3) is 0 Å². The van der Waals surface area contributed by atoms with E-state index in [4.69, 9.17) is 20.9 Å². The molecule has 0 saturated carbocycles. The molecule has 30 heteroatoms. The number of likely N-dealkylation sites (tertiary alicyclic amines) is 2. The summed E-state index contributed by atoms with van der Waals surface area (Å²) in [5.41, 5.74) is 2.87. The topological polar surface area (TPSA) is 201 Å². The van der Waals surface area contributed by atoms with Gasteiger partial charge in [-0.2, -0.15) is 46.3 Å². The van der Waals surface area contributed by atoms with Crippen LogP contribution in [0.25, 0.3) is 44.3 Å². The lowest BCUT2D eigenvalue weighted by atomic mass is 9.98. The molecule has 4 aliphatic heterocycles. The van der Waals surface area contributed by atoms with Gasteiger partial charge >= 0.3 is 24.4 Å². The summed E-state index contributed by atoms with van der Waals surface area (Å²) in [7, 11) is 3.44. The molecular formula is C58H62F12N14O4. The molecule has 0 aliphatic carbocycles. The first kappa shape index (κ1) is 64.2. The Bertz CT molecular complexity index is 3470. The van der Waals surface area contributed by atoms with Crippen LogP contribution in [0.3, 0.4) is 0 Å². The highest BCUT2D eigenvalue weighted by molar-refractivity contribution is 5.96. The van der Waals surface area contributed by atoms with Crippen LogP contribution in [0.4, 0.5) is 76.0 Å². The zero-order valence-electron chi connectivity index (χ0n) is 48.5. The number of fused-ring (bicyclic) bond motifs is 2. The van der Waals surface area contributed by atoms with E-state index in [9.17, 15) is 44.7 Å². The molecule has 0 bridgehead atoms.